The molecule has 2 nitrogen and oxygen atoms in total. The Morgan fingerprint density at radius 3 is 2.53 bits per heavy atom. The minimum Gasteiger partial charge on any atom is -0.392 e. The van der Waals surface area contributed by atoms with Gasteiger partial charge in [0.1, 0.15) is 0 Å². The van der Waals surface area contributed by atoms with E-state index in [0.717, 1.165) is 16.7 Å². The summed E-state index contributed by atoms with van der Waals surface area (Å²) in [5.74, 6) is 0. The lowest BCUT2D eigenvalue weighted by Gasteiger charge is -2.06. The Hall–Kier alpha value is -1.38. The van der Waals surface area contributed by atoms with Crippen LogP contribution in [0.5, 0.6) is 0 Å². The van der Waals surface area contributed by atoms with E-state index in [1.807, 2.05) is 30.3 Å². The maximum atomic E-state index is 9.18. The van der Waals surface area contributed by atoms with Crippen LogP contribution < -0.4 is 0 Å². The van der Waals surface area contributed by atoms with Crippen molar-refractivity contribution in [2.75, 3.05) is 0 Å². The Bertz CT molecular complexity index is 453. The van der Waals surface area contributed by atoms with Crippen LogP contribution in [0.15, 0.2) is 42.7 Å². The fraction of sp³-hybridized carbons (Fsp3) is 0.0833. The van der Waals surface area contributed by atoms with E-state index >= 15 is 0 Å². The van der Waals surface area contributed by atoms with Gasteiger partial charge in [0.2, 0.25) is 0 Å². The van der Waals surface area contributed by atoms with Crippen molar-refractivity contribution < 1.29 is 5.11 Å². The van der Waals surface area contributed by atoms with E-state index in [1.165, 1.54) is 0 Å². The molecule has 0 saturated heterocycles. The van der Waals surface area contributed by atoms with Crippen LogP contribution in [-0.2, 0) is 6.61 Å². The van der Waals surface area contributed by atoms with Crippen molar-refractivity contribution in [3.63, 3.8) is 0 Å². The van der Waals surface area contributed by atoms with E-state index in [-0.39, 0.29) is 6.61 Å². The van der Waals surface area contributed by atoms with E-state index in [1.54, 1.807) is 12.4 Å². The number of aromatic nitrogens is 1. The average Bonchev–Trinajstić information content (AvgIpc) is 2.30. The maximum absolute atomic E-state index is 9.18. The monoisotopic (exact) mass is 219 g/mol. The van der Waals surface area contributed by atoms with E-state index in [0.29, 0.717) is 5.02 Å². The molecule has 1 aromatic carbocycles. The third-order valence-corrected chi connectivity index (χ3v) is 2.49. The molecule has 0 atom stereocenters. The summed E-state index contributed by atoms with van der Waals surface area (Å²) in [6.07, 6.45) is 3.42. The molecular weight excluding hydrogens is 210 g/mol. The second-order valence-corrected chi connectivity index (χ2v) is 3.63. The highest BCUT2D eigenvalue weighted by atomic mass is 35.5. The molecule has 1 N–H and O–H groups in total. The van der Waals surface area contributed by atoms with Gasteiger partial charge in [0.15, 0.2) is 0 Å². The summed E-state index contributed by atoms with van der Waals surface area (Å²) >= 11 is 5.81. The first-order valence-corrected chi connectivity index (χ1v) is 4.99. The molecule has 0 fully saturated rings. The molecule has 0 amide bonds. The van der Waals surface area contributed by atoms with Gasteiger partial charge in [0.25, 0.3) is 0 Å². The second kappa shape index (κ2) is 4.43. The lowest BCUT2D eigenvalue weighted by atomic mass is 10.0. The zero-order chi connectivity index (χ0) is 10.7. The third-order valence-electron chi connectivity index (χ3n) is 2.24. The number of pyridine rings is 1. The summed E-state index contributed by atoms with van der Waals surface area (Å²) in [7, 11) is 0. The van der Waals surface area contributed by atoms with Crippen molar-refractivity contribution in [1.29, 1.82) is 0 Å². The quantitative estimate of drug-likeness (QED) is 0.843. The fourth-order valence-electron chi connectivity index (χ4n) is 1.45. The number of hydrogen-bond acceptors (Lipinski definition) is 2. The second-order valence-electron chi connectivity index (χ2n) is 3.20. The van der Waals surface area contributed by atoms with Gasteiger partial charge in [-0.3, -0.25) is 4.98 Å². The number of benzene rings is 1. The Balaban J connectivity index is 2.49. The van der Waals surface area contributed by atoms with Crippen LogP contribution in [0.2, 0.25) is 5.02 Å². The van der Waals surface area contributed by atoms with Gasteiger partial charge in [0, 0.05) is 23.0 Å². The zero-order valence-corrected chi connectivity index (χ0v) is 8.78. The third kappa shape index (κ3) is 2.17. The van der Waals surface area contributed by atoms with Gasteiger partial charge in [-0.25, -0.2) is 0 Å². The van der Waals surface area contributed by atoms with Crippen LogP contribution in [-0.4, -0.2) is 10.1 Å². The summed E-state index contributed by atoms with van der Waals surface area (Å²) < 4.78 is 0. The molecule has 0 unspecified atom stereocenters. The predicted octanol–water partition coefficient (Wildman–Crippen LogP) is 2.89. The largest absolute Gasteiger partial charge is 0.392 e. The van der Waals surface area contributed by atoms with Crippen LogP contribution in [0.4, 0.5) is 0 Å². The molecule has 15 heavy (non-hydrogen) atoms. The van der Waals surface area contributed by atoms with Gasteiger partial charge in [-0.1, -0.05) is 23.7 Å². The van der Waals surface area contributed by atoms with Crippen LogP contribution in [0.3, 0.4) is 0 Å². The molecule has 0 aliphatic carbocycles. The Morgan fingerprint density at radius 2 is 1.87 bits per heavy atom. The van der Waals surface area contributed by atoms with Crippen molar-refractivity contribution in [3.05, 3.63) is 53.3 Å². The van der Waals surface area contributed by atoms with Gasteiger partial charge < -0.3 is 5.11 Å². The van der Waals surface area contributed by atoms with Gasteiger partial charge in [-0.05, 0) is 29.3 Å². The van der Waals surface area contributed by atoms with E-state index in [2.05, 4.69) is 4.98 Å². The number of nitrogens with zero attached hydrogens (tertiary/aromatic N) is 1. The van der Waals surface area contributed by atoms with Crippen molar-refractivity contribution in [3.8, 4) is 11.1 Å². The first kappa shape index (κ1) is 10.1. The molecule has 0 aliphatic heterocycles. The number of rotatable bonds is 2. The van der Waals surface area contributed by atoms with Gasteiger partial charge in [-0.2, -0.15) is 0 Å². The molecule has 76 valence electrons. The highest BCUT2D eigenvalue weighted by Crippen LogP contribution is 2.24. The van der Waals surface area contributed by atoms with Crippen LogP contribution in [0, 0.1) is 0 Å². The number of halogens is 1. The minimum atomic E-state index is 0.0144. The summed E-state index contributed by atoms with van der Waals surface area (Å²) in [5.41, 5.74) is 2.82. The van der Waals surface area contributed by atoms with E-state index in [4.69, 9.17) is 11.6 Å². The van der Waals surface area contributed by atoms with Crippen LogP contribution in [0.25, 0.3) is 11.1 Å². The first-order chi connectivity index (χ1) is 7.31. The smallest absolute Gasteiger partial charge is 0.0689 e. The summed E-state index contributed by atoms with van der Waals surface area (Å²) in [4.78, 5) is 4.05. The highest BCUT2D eigenvalue weighted by molar-refractivity contribution is 6.30. The van der Waals surface area contributed by atoms with Gasteiger partial charge in [0.05, 0.1) is 6.61 Å². The normalized spacial score (nSPS) is 10.3. The molecule has 0 bridgehead atoms. The van der Waals surface area contributed by atoms with Gasteiger partial charge in [-0.15, -0.1) is 0 Å². The van der Waals surface area contributed by atoms with Crippen molar-refractivity contribution in [2.45, 2.75) is 6.61 Å². The predicted molar refractivity (Wildman–Crippen MR) is 60.6 cm³/mol. The molecule has 1 heterocycles. The molecule has 2 rings (SSSR count). The van der Waals surface area contributed by atoms with E-state index in [9.17, 15) is 5.11 Å². The lowest BCUT2D eigenvalue weighted by Crippen LogP contribution is -1.90. The van der Waals surface area contributed by atoms with Crippen molar-refractivity contribution in [1.82, 2.24) is 4.98 Å². The summed E-state index contributed by atoms with van der Waals surface area (Å²) in [6.45, 7) is 0.0144. The molecule has 1 aromatic heterocycles. The topological polar surface area (TPSA) is 33.1 Å². The fourth-order valence-corrected chi connectivity index (χ4v) is 1.58. The number of aliphatic hydroxyl groups excluding tert-OH is 1. The standard InChI is InChI=1S/C12H10ClNO/c13-11-3-1-9(2-4-11)12-7-14-6-5-10(12)8-15/h1-7,15H,8H2. The Morgan fingerprint density at radius 1 is 1.13 bits per heavy atom. The SMILES string of the molecule is OCc1ccncc1-c1ccc(Cl)cc1. The average molecular weight is 220 g/mol. The molecule has 0 spiro atoms. The van der Waals surface area contributed by atoms with Crippen molar-refractivity contribution in [2.24, 2.45) is 0 Å². The summed E-state index contributed by atoms with van der Waals surface area (Å²) in [5, 5.41) is 9.88. The number of hydrogen-bond donors (Lipinski definition) is 1. The molecule has 0 aliphatic rings. The molecule has 2 aromatic rings. The minimum absolute atomic E-state index is 0.0144. The highest BCUT2D eigenvalue weighted by Gasteiger charge is 2.03. The van der Waals surface area contributed by atoms with Crippen LogP contribution >= 0.6 is 11.6 Å². The Kier molecular flexibility index (Phi) is 2.99. The lowest BCUT2D eigenvalue weighted by molar-refractivity contribution is 0.282. The summed E-state index contributed by atoms with van der Waals surface area (Å²) in [6, 6.07) is 9.29. The maximum Gasteiger partial charge on any atom is 0.0689 e. The first-order valence-electron chi connectivity index (χ1n) is 4.61. The molecule has 0 radical (unpaired) electrons. The number of aliphatic hydroxyl groups is 1. The van der Waals surface area contributed by atoms with E-state index < -0.39 is 0 Å². The van der Waals surface area contributed by atoms with Crippen molar-refractivity contribution >= 4 is 11.6 Å². The molecule has 3 heteroatoms. The van der Waals surface area contributed by atoms with Gasteiger partial charge >= 0.3 is 0 Å². The Labute approximate surface area is 93.2 Å². The molecule has 0 saturated carbocycles. The molecular formula is C12H10ClNO. The van der Waals surface area contributed by atoms with Crippen LogP contribution in [0.1, 0.15) is 5.56 Å². The zero-order valence-electron chi connectivity index (χ0n) is 8.02.